The topological polar surface area (TPSA) is 24.5 Å². The normalized spacial score (nSPS) is 14.2. The maximum absolute atomic E-state index is 5.26. The predicted molar refractivity (Wildman–Crippen MR) is 91.0 cm³/mol. The highest BCUT2D eigenvalue weighted by Crippen LogP contribution is 2.20. The first-order valence-corrected chi connectivity index (χ1v) is 8.27. The fourth-order valence-corrected chi connectivity index (χ4v) is 2.56. The minimum atomic E-state index is 0.379. The van der Waals surface area contributed by atoms with Crippen molar-refractivity contribution >= 4 is 0 Å². The number of benzene rings is 1. The Kier molecular flexibility index (Phi) is 8.40. The summed E-state index contributed by atoms with van der Waals surface area (Å²) in [6.07, 6.45) is 2.35. The maximum atomic E-state index is 5.26. The molecule has 0 heterocycles. The van der Waals surface area contributed by atoms with E-state index >= 15 is 0 Å². The lowest BCUT2D eigenvalue weighted by atomic mass is 10.0. The SMILES string of the molecule is CCCNC(CN(CC)C(C)CC)c1ccc(OC)cc1. The second-order valence-corrected chi connectivity index (χ2v) is 5.62. The smallest absolute Gasteiger partial charge is 0.118 e. The molecule has 0 aliphatic heterocycles. The number of methoxy groups -OCH3 is 1. The summed E-state index contributed by atoms with van der Waals surface area (Å²) in [5.74, 6) is 0.919. The summed E-state index contributed by atoms with van der Waals surface area (Å²) >= 11 is 0. The van der Waals surface area contributed by atoms with Crippen molar-refractivity contribution in [1.29, 1.82) is 0 Å². The van der Waals surface area contributed by atoms with Gasteiger partial charge in [-0.05, 0) is 50.6 Å². The number of hydrogen-bond donors (Lipinski definition) is 1. The van der Waals surface area contributed by atoms with E-state index in [9.17, 15) is 0 Å². The number of hydrogen-bond acceptors (Lipinski definition) is 3. The fraction of sp³-hybridized carbons (Fsp3) is 0.667. The molecule has 0 radical (unpaired) electrons. The van der Waals surface area contributed by atoms with Gasteiger partial charge in [0.2, 0.25) is 0 Å². The van der Waals surface area contributed by atoms with Crippen molar-refractivity contribution in [3.05, 3.63) is 29.8 Å². The largest absolute Gasteiger partial charge is 0.497 e. The second-order valence-electron chi connectivity index (χ2n) is 5.62. The highest BCUT2D eigenvalue weighted by molar-refractivity contribution is 5.29. The van der Waals surface area contributed by atoms with Crippen LogP contribution in [0, 0.1) is 0 Å². The van der Waals surface area contributed by atoms with E-state index in [0.717, 1.165) is 31.8 Å². The van der Waals surface area contributed by atoms with Crippen molar-refractivity contribution in [2.45, 2.75) is 52.6 Å². The number of nitrogens with zero attached hydrogens (tertiary/aromatic N) is 1. The van der Waals surface area contributed by atoms with Gasteiger partial charge in [0.1, 0.15) is 5.75 Å². The molecule has 3 nitrogen and oxygen atoms in total. The third kappa shape index (κ3) is 5.68. The summed E-state index contributed by atoms with van der Waals surface area (Å²) in [5, 5.41) is 3.68. The van der Waals surface area contributed by atoms with E-state index in [1.165, 1.54) is 12.0 Å². The summed E-state index contributed by atoms with van der Waals surface area (Å²) in [5.41, 5.74) is 1.34. The first-order valence-electron chi connectivity index (χ1n) is 8.27. The van der Waals surface area contributed by atoms with Crippen molar-refractivity contribution in [2.24, 2.45) is 0 Å². The molecule has 2 atom stereocenters. The van der Waals surface area contributed by atoms with Crippen LogP contribution < -0.4 is 10.1 Å². The maximum Gasteiger partial charge on any atom is 0.118 e. The van der Waals surface area contributed by atoms with Crippen LogP contribution in [0.25, 0.3) is 0 Å². The van der Waals surface area contributed by atoms with Gasteiger partial charge >= 0.3 is 0 Å². The van der Waals surface area contributed by atoms with Gasteiger partial charge in [-0.15, -0.1) is 0 Å². The first-order chi connectivity index (χ1) is 10.2. The van der Waals surface area contributed by atoms with Gasteiger partial charge in [-0.25, -0.2) is 0 Å². The molecule has 0 amide bonds. The monoisotopic (exact) mass is 292 g/mol. The summed E-state index contributed by atoms with van der Waals surface area (Å²) in [4.78, 5) is 2.55. The minimum absolute atomic E-state index is 0.379. The molecule has 0 bridgehead atoms. The molecule has 3 heteroatoms. The highest BCUT2D eigenvalue weighted by Gasteiger charge is 2.17. The third-order valence-electron chi connectivity index (χ3n) is 4.20. The zero-order valence-electron chi connectivity index (χ0n) is 14.4. The van der Waals surface area contributed by atoms with Crippen molar-refractivity contribution < 1.29 is 4.74 Å². The van der Waals surface area contributed by atoms with E-state index in [1.54, 1.807) is 7.11 Å². The van der Waals surface area contributed by atoms with E-state index in [4.69, 9.17) is 4.74 Å². The van der Waals surface area contributed by atoms with E-state index in [2.05, 4.69) is 62.2 Å². The van der Waals surface area contributed by atoms with Gasteiger partial charge in [0.25, 0.3) is 0 Å². The van der Waals surface area contributed by atoms with E-state index in [-0.39, 0.29) is 0 Å². The van der Waals surface area contributed by atoms with Crippen molar-refractivity contribution in [2.75, 3.05) is 26.7 Å². The molecule has 0 fully saturated rings. The standard InChI is InChI=1S/C18H32N2O/c1-6-13-19-18(14-20(8-3)15(4)7-2)16-9-11-17(21-5)12-10-16/h9-12,15,18-19H,6-8,13-14H2,1-5H3. The Balaban J connectivity index is 2.82. The van der Waals surface area contributed by atoms with Crippen LogP contribution >= 0.6 is 0 Å². The van der Waals surface area contributed by atoms with Gasteiger partial charge in [-0.1, -0.05) is 32.9 Å². The number of nitrogens with one attached hydrogen (secondary N) is 1. The van der Waals surface area contributed by atoms with Crippen molar-refractivity contribution in [1.82, 2.24) is 10.2 Å². The number of ether oxygens (including phenoxy) is 1. The van der Waals surface area contributed by atoms with Gasteiger partial charge < -0.3 is 10.1 Å². The predicted octanol–water partition coefficient (Wildman–Crippen LogP) is 3.86. The molecular formula is C18H32N2O. The Labute approximate surface area is 130 Å². The van der Waals surface area contributed by atoms with Gasteiger partial charge in [-0.2, -0.15) is 0 Å². The molecule has 1 aromatic carbocycles. The van der Waals surface area contributed by atoms with Crippen molar-refractivity contribution in [3.8, 4) is 5.75 Å². The molecule has 0 aromatic heterocycles. The molecule has 21 heavy (non-hydrogen) atoms. The van der Waals surface area contributed by atoms with Gasteiger partial charge in [0.15, 0.2) is 0 Å². The van der Waals surface area contributed by atoms with Crippen LogP contribution in [0.1, 0.15) is 52.1 Å². The van der Waals surface area contributed by atoms with Gasteiger partial charge in [0, 0.05) is 18.6 Å². The van der Waals surface area contributed by atoms with E-state index in [0.29, 0.717) is 12.1 Å². The highest BCUT2D eigenvalue weighted by atomic mass is 16.5. The number of rotatable bonds is 10. The fourth-order valence-electron chi connectivity index (χ4n) is 2.56. The summed E-state index contributed by atoms with van der Waals surface area (Å²) in [6.45, 7) is 12.2. The zero-order chi connectivity index (χ0) is 15.7. The van der Waals surface area contributed by atoms with Gasteiger partial charge in [-0.3, -0.25) is 4.90 Å². The quantitative estimate of drug-likeness (QED) is 0.709. The Morgan fingerprint density at radius 1 is 1.14 bits per heavy atom. The van der Waals surface area contributed by atoms with Crippen molar-refractivity contribution in [3.63, 3.8) is 0 Å². The van der Waals surface area contributed by atoms with Crippen LogP contribution in [0.5, 0.6) is 5.75 Å². The van der Waals surface area contributed by atoms with E-state index in [1.807, 2.05) is 0 Å². The molecule has 1 aromatic rings. The molecule has 0 aliphatic rings. The average molecular weight is 292 g/mol. The number of likely N-dealkylation sites (N-methyl/N-ethyl adjacent to an activating group) is 1. The molecule has 0 saturated carbocycles. The van der Waals surface area contributed by atoms with E-state index < -0.39 is 0 Å². The lowest BCUT2D eigenvalue weighted by Crippen LogP contribution is -2.40. The Hall–Kier alpha value is -1.06. The lowest BCUT2D eigenvalue weighted by molar-refractivity contribution is 0.191. The van der Waals surface area contributed by atoms with Crippen LogP contribution in [0.2, 0.25) is 0 Å². The summed E-state index contributed by atoms with van der Waals surface area (Å²) in [6, 6.07) is 9.46. The molecule has 0 spiro atoms. The average Bonchev–Trinajstić information content (AvgIpc) is 2.54. The minimum Gasteiger partial charge on any atom is -0.497 e. The second kappa shape index (κ2) is 9.80. The van der Waals surface area contributed by atoms with Crippen LogP contribution in [-0.2, 0) is 0 Å². The molecule has 2 unspecified atom stereocenters. The molecule has 0 aliphatic carbocycles. The Bertz CT molecular complexity index is 377. The molecule has 1 N–H and O–H groups in total. The zero-order valence-corrected chi connectivity index (χ0v) is 14.4. The third-order valence-corrected chi connectivity index (χ3v) is 4.20. The van der Waals surface area contributed by atoms with Crippen LogP contribution in [-0.4, -0.2) is 37.7 Å². The van der Waals surface area contributed by atoms with Crippen LogP contribution in [0.3, 0.4) is 0 Å². The Morgan fingerprint density at radius 3 is 2.29 bits per heavy atom. The molecule has 120 valence electrons. The lowest BCUT2D eigenvalue weighted by Gasteiger charge is -2.32. The molecule has 1 rings (SSSR count). The molecular weight excluding hydrogens is 260 g/mol. The first kappa shape index (κ1) is 18.0. The molecule has 0 saturated heterocycles. The summed E-state index contributed by atoms with van der Waals surface area (Å²) < 4.78 is 5.26. The van der Waals surface area contributed by atoms with Crippen LogP contribution in [0.4, 0.5) is 0 Å². The Morgan fingerprint density at radius 2 is 1.81 bits per heavy atom. The van der Waals surface area contributed by atoms with Gasteiger partial charge in [0.05, 0.1) is 7.11 Å². The summed E-state index contributed by atoms with van der Waals surface area (Å²) in [7, 11) is 1.71. The van der Waals surface area contributed by atoms with Crippen LogP contribution in [0.15, 0.2) is 24.3 Å².